The molecule has 1 N–H and O–H groups in total. The Labute approximate surface area is 100 Å². The van der Waals surface area contributed by atoms with Crippen LogP contribution in [0.4, 0.5) is 0 Å². The minimum atomic E-state index is -4.13. The number of fused-ring (bicyclic) bond motifs is 1. The Hall–Kier alpha value is -0.793. The van der Waals surface area contributed by atoms with Crippen LogP contribution in [0.5, 0.6) is 0 Å². The molecule has 0 atom stereocenters. The van der Waals surface area contributed by atoms with E-state index in [0.29, 0.717) is 5.39 Å². The first kappa shape index (κ1) is 12.3. The summed E-state index contributed by atoms with van der Waals surface area (Å²) >= 11 is 0. The molecule has 0 radical (unpaired) electrons. The molecule has 3 nitrogen and oxygen atoms in total. The van der Waals surface area contributed by atoms with Gasteiger partial charge in [0.25, 0.3) is 10.1 Å². The third kappa shape index (κ3) is 2.42. The maximum absolute atomic E-state index is 11.0. The van der Waals surface area contributed by atoms with Crippen molar-refractivity contribution in [1.29, 1.82) is 0 Å². The predicted molar refractivity (Wildman–Crippen MR) is 60.9 cm³/mol. The molecule has 74 valence electrons. The number of rotatable bonds is 1. The van der Waals surface area contributed by atoms with Gasteiger partial charge in [-0.15, -0.1) is 0 Å². The van der Waals surface area contributed by atoms with E-state index in [4.69, 9.17) is 4.55 Å². The summed E-state index contributed by atoms with van der Waals surface area (Å²) in [5.41, 5.74) is 0. The summed E-state index contributed by atoms with van der Waals surface area (Å²) in [6.07, 6.45) is 0. The maximum atomic E-state index is 11.0. The van der Waals surface area contributed by atoms with Crippen LogP contribution >= 0.6 is 0 Å². The van der Waals surface area contributed by atoms with Gasteiger partial charge >= 0.3 is 18.9 Å². The Bertz CT molecular complexity index is 573. The Morgan fingerprint density at radius 3 is 2.20 bits per heavy atom. The van der Waals surface area contributed by atoms with Crippen molar-refractivity contribution in [3.63, 3.8) is 0 Å². The standard InChI is InChI=1S/C10H8O3S.Li.H/c11-14(12,13)10-7-3-5-8-4-1-2-6-9(8)10;;/h1-7H,(H,11,12,13);;. The summed E-state index contributed by atoms with van der Waals surface area (Å²) in [4.78, 5) is -0.0457. The molecule has 0 amide bonds. The van der Waals surface area contributed by atoms with Crippen LogP contribution in [0.3, 0.4) is 0 Å². The molecule has 0 aromatic heterocycles. The summed E-state index contributed by atoms with van der Waals surface area (Å²) in [5.74, 6) is 0. The van der Waals surface area contributed by atoms with Gasteiger partial charge in [0.1, 0.15) is 4.90 Å². The zero-order valence-corrected chi connectivity index (χ0v) is 8.03. The van der Waals surface area contributed by atoms with Gasteiger partial charge in [-0.25, -0.2) is 0 Å². The van der Waals surface area contributed by atoms with Gasteiger partial charge in [-0.2, -0.15) is 8.42 Å². The molecule has 0 aliphatic carbocycles. The van der Waals surface area contributed by atoms with Gasteiger partial charge in [0, 0.05) is 5.39 Å². The summed E-state index contributed by atoms with van der Waals surface area (Å²) in [5, 5.41) is 1.33. The fraction of sp³-hybridized carbons (Fsp3) is 0. The van der Waals surface area contributed by atoms with Gasteiger partial charge in [-0.1, -0.05) is 36.4 Å². The van der Waals surface area contributed by atoms with E-state index in [9.17, 15) is 8.42 Å². The first-order valence-corrected chi connectivity index (χ1v) is 5.48. The second-order valence-electron chi connectivity index (χ2n) is 2.95. The van der Waals surface area contributed by atoms with Crippen molar-refractivity contribution in [2.45, 2.75) is 4.90 Å². The summed E-state index contributed by atoms with van der Waals surface area (Å²) in [7, 11) is -4.13. The molecule has 0 saturated heterocycles. The number of benzene rings is 2. The average molecular weight is 216 g/mol. The van der Waals surface area contributed by atoms with Crippen molar-refractivity contribution in [2.75, 3.05) is 0 Å². The van der Waals surface area contributed by atoms with Gasteiger partial charge in [0.2, 0.25) is 0 Å². The molecular weight excluding hydrogens is 207 g/mol. The fourth-order valence-electron chi connectivity index (χ4n) is 1.42. The molecule has 0 bridgehead atoms. The molecule has 0 aliphatic rings. The molecule has 0 unspecified atom stereocenters. The van der Waals surface area contributed by atoms with Gasteiger partial charge in [0.15, 0.2) is 0 Å². The molecule has 2 rings (SSSR count). The Kier molecular flexibility index (Phi) is 3.58. The first-order chi connectivity index (χ1) is 6.59. The monoisotopic (exact) mass is 216 g/mol. The minimum absolute atomic E-state index is 0. The van der Waals surface area contributed by atoms with Crippen molar-refractivity contribution in [2.24, 2.45) is 0 Å². The Morgan fingerprint density at radius 2 is 1.53 bits per heavy atom. The molecule has 0 saturated carbocycles. The number of hydrogen-bond acceptors (Lipinski definition) is 2. The van der Waals surface area contributed by atoms with Crippen LogP contribution in [0.15, 0.2) is 47.4 Å². The molecule has 0 fully saturated rings. The van der Waals surface area contributed by atoms with Crippen molar-refractivity contribution in [1.82, 2.24) is 0 Å². The fourth-order valence-corrected chi connectivity index (χ4v) is 2.13. The van der Waals surface area contributed by atoms with E-state index in [2.05, 4.69) is 0 Å². The normalized spacial score (nSPS) is 11.0. The average Bonchev–Trinajstić information content (AvgIpc) is 2.15. The van der Waals surface area contributed by atoms with Crippen molar-refractivity contribution in [3.05, 3.63) is 42.5 Å². The van der Waals surface area contributed by atoms with Crippen LogP contribution < -0.4 is 0 Å². The number of hydrogen-bond donors (Lipinski definition) is 1. The molecular formula is C10H9LiO3S. The van der Waals surface area contributed by atoms with Crippen LogP contribution in [-0.4, -0.2) is 31.8 Å². The van der Waals surface area contributed by atoms with Crippen molar-refractivity contribution >= 4 is 39.8 Å². The van der Waals surface area contributed by atoms with Crippen LogP contribution in [0.2, 0.25) is 0 Å². The third-order valence-corrected chi connectivity index (χ3v) is 2.94. The van der Waals surface area contributed by atoms with Crippen molar-refractivity contribution < 1.29 is 13.0 Å². The van der Waals surface area contributed by atoms with E-state index in [1.165, 1.54) is 6.07 Å². The zero-order chi connectivity index (χ0) is 10.2. The van der Waals surface area contributed by atoms with E-state index in [0.717, 1.165) is 5.39 Å². The van der Waals surface area contributed by atoms with E-state index in [1.807, 2.05) is 6.07 Å². The summed E-state index contributed by atoms with van der Waals surface area (Å²) in [6, 6.07) is 11.8. The second kappa shape index (κ2) is 4.38. The van der Waals surface area contributed by atoms with Crippen LogP contribution in [0, 0.1) is 0 Å². The van der Waals surface area contributed by atoms with Crippen LogP contribution in [0.25, 0.3) is 10.8 Å². The van der Waals surface area contributed by atoms with E-state index in [-0.39, 0.29) is 23.8 Å². The topological polar surface area (TPSA) is 54.4 Å². The zero-order valence-electron chi connectivity index (χ0n) is 7.21. The molecule has 0 spiro atoms. The van der Waals surface area contributed by atoms with Gasteiger partial charge in [0.05, 0.1) is 0 Å². The molecule has 0 aliphatic heterocycles. The summed E-state index contributed by atoms with van der Waals surface area (Å²) < 4.78 is 31.0. The quantitative estimate of drug-likeness (QED) is 0.579. The van der Waals surface area contributed by atoms with Crippen LogP contribution in [-0.2, 0) is 10.1 Å². The van der Waals surface area contributed by atoms with Gasteiger partial charge in [-0.3, -0.25) is 4.55 Å². The molecule has 5 heteroatoms. The van der Waals surface area contributed by atoms with E-state index < -0.39 is 10.1 Å². The molecule has 0 heterocycles. The molecule has 2 aromatic carbocycles. The first-order valence-electron chi connectivity index (χ1n) is 4.04. The van der Waals surface area contributed by atoms with Crippen molar-refractivity contribution in [3.8, 4) is 0 Å². The van der Waals surface area contributed by atoms with E-state index >= 15 is 0 Å². The molecule has 2 aromatic rings. The SMILES string of the molecule is O=S(=O)(O)c1cccc2ccccc12.[LiH]. The molecule has 15 heavy (non-hydrogen) atoms. The van der Waals surface area contributed by atoms with Gasteiger partial charge in [-0.05, 0) is 11.5 Å². The van der Waals surface area contributed by atoms with E-state index in [1.54, 1.807) is 30.3 Å². The summed E-state index contributed by atoms with van der Waals surface area (Å²) in [6.45, 7) is 0. The predicted octanol–water partition coefficient (Wildman–Crippen LogP) is 1.44. The second-order valence-corrected chi connectivity index (χ2v) is 4.34. The van der Waals surface area contributed by atoms with Gasteiger partial charge < -0.3 is 0 Å². The van der Waals surface area contributed by atoms with Crippen LogP contribution in [0.1, 0.15) is 0 Å². The Balaban J connectivity index is 0.00000112. The Morgan fingerprint density at radius 1 is 0.933 bits per heavy atom. The third-order valence-electron chi connectivity index (χ3n) is 2.03.